The normalized spacial score (nSPS) is 12.5. The molecule has 3 rings (SSSR count). The van der Waals surface area contributed by atoms with Crippen LogP contribution in [-0.2, 0) is 11.2 Å². The van der Waals surface area contributed by atoms with E-state index in [1.54, 1.807) is 14.2 Å². The minimum absolute atomic E-state index is 0.239. The van der Waals surface area contributed by atoms with Gasteiger partial charge in [-0.3, -0.25) is 0 Å². The van der Waals surface area contributed by atoms with Crippen LogP contribution in [0, 0.1) is 0 Å². The highest BCUT2D eigenvalue weighted by Gasteiger charge is 2.24. The summed E-state index contributed by atoms with van der Waals surface area (Å²) in [7, 11) is 3.31. The molecule has 0 N–H and O–H groups in total. The smallest absolute Gasteiger partial charge is 0.392 e. The number of rotatable bonds is 7. The first-order valence-electron chi connectivity index (χ1n) is 9.73. The zero-order valence-corrected chi connectivity index (χ0v) is 17.2. The maximum Gasteiger partial charge on any atom is 0.416 e. The van der Waals surface area contributed by atoms with Crippen molar-refractivity contribution in [2.24, 2.45) is 0 Å². The summed E-state index contributed by atoms with van der Waals surface area (Å²) in [4.78, 5) is 23.7. The molecule has 0 aliphatic carbocycles. The molecule has 0 fully saturated rings. The Hall–Kier alpha value is -2.67. The molecule has 0 spiro atoms. The first-order chi connectivity index (χ1) is 13.5. The molecule has 1 atom stereocenters. The molecular weight excluding hydrogens is 356 g/mol. The lowest BCUT2D eigenvalue weighted by Gasteiger charge is -2.21. The van der Waals surface area contributed by atoms with E-state index in [0.717, 1.165) is 28.7 Å². The molecule has 7 heteroatoms. The molecule has 1 aromatic carbocycles. The molecule has 0 aliphatic rings. The Labute approximate surface area is 165 Å². The van der Waals surface area contributed by atoms with Gasteiger partial charge in [0.2, 0.25) is 11.7 Å². The number of likely N-dealkylation sites (N-methyl/N-ethyl adjacent to an activating group) is 1. The number of carbonyl (C=O) groups is 1. The topological polar surface area (TPSA) is 69.0 Å². The number of nitrogens with zero attached hydrogens (tertiary/aromatic N) is 4. The lowest BCUT2D eigenvalue weighted by atomic mass is 9.99. The average Bonchev–Trinajstić information content (AvgIpc) is 3.09. The van der Waals surface area contributed by atoms with Crippen molar-refractivity contribution in [1.29, 1.82) is 0 Å². The maximum absolute atomic E-state index is 12.7. The number of amides is 1. The van der Waals surface area contributed by atoms with Gasteiger partial charge in [0.25, 0.3) is 0 Å². The van der Waals surface area contributed by atoms with Gasteiger partial charge in [0.1, 0.15) is 0 Å². The number of carbonyl (C=O) groups excluding carboxylic acids is 1. The number of fused-ring (bicyclic) bond motifs is 3. The van der Waals surface area contributed by atoms with E-state index >= 15 is 0 Å². The van der Waals surface area contributed by atoms with Gasteiger partial charge in [-0.1, -0.05) is 32.9 Å². The number of para-hydroxylation sites is 2. The van der Waals surface area contributed by atoms with E-state index in [2.05, 4.69) is 25.8 Å². The minimum atomic E-state index is -0.424. The zero-order valence-electron chi connectivity index (χ0n) is 17.2. The Morgan fingerprint density at radius 2 is 2.00 bits per heavy atom. The van der Waals surface area contributed by atoms with Gasteiger partial charge in [-0.2, -0.15) is 0 Å². The Morgan fingerprint density at radius 1 is 1.25 bits per heavy atom. The number of ether oxygens (including phenoxy) is 2. The predicted molar refractivity (Wildman–Crippen MR) is 109 cm³/mol. The fourth-order valence-electron chi connectivity index (χ4n) is 3.23. The van der Waals surface area contributed by atoms with Crippen LogP contribution in [0.1, 0.15) is 44.4 Å². The van der Waals surface area contributed by atoms with E-state index in [1.807, 2.05) is 28.7 Å². The molecule has 0 saturated carbocycles. The molecule has 150 valence electrons. The van der Waals surface area contributed by atoms with Gasteiger partial charge in [0.05, 0.1) is 23.3 Å². The SMILES string of the molecule is CCc1c(C(C)CC)nc2nc3ccccc3n2c1OC(=O)N(C)CCOC. The summed E-state index contributed by atoms with van der Waals surface area (Å²) in [5.41, 5.74) is 3.58. The van der Waals surface area contributed by atoms with Gasteiger partial charge in [-0.25, -0.2) is 19.2 Å². The minimum Gasteiger partial charge on any atom is -0.392 e. The second-order valence-electron chi connectivity index (χ2n) is 6.96. The summed E-state index contributed by atoms with van der Waals surface area (Å²) in [6.45, 7) is 7.22. The summed E-state index contributed by atoms with van der Waals surface area (Å²) in [6.07, 6.45) is 1.23. The number of aromatic nitrogens is 3. The van der Waals surface area contributed by atoms with Crippen molar-refractivity contribution >= 4 is 22.9 Å². The Morgan fingerprint density at radius 3 is 2.68 bits per heavy atom. The standard InChI is InChI=1S/C21H28N4O3/c1-6-14(3)18-15(7-2)19(28-21(26)24(4)12-13-27-5)25-17-11-9-8-10-16(17)22-20(25)23-18/h8-11,14H,6-7,12-13H2,1-5H3. The van der Waals surface area contributed by atoms with E-state index in [4.69, 9.17) is 14.5 Å². The third-order valence-electron chi connectivity index (χ3n) is 5.09. The highest BCUT2D eigenvalue weighted by atomic mass is 16.6. The van der Waals surface area contributed by atoms with Crippen LogP contribution in [0.15, 0.2) is 24.3 Å². The van der Waals surface area contributed by atoms with Gasteiger partial charge in [-0.05, 0) is 30.9 Å². The molecule has 0 aliphatic heterocycles. The van der Waals surface area contributed by atoms with E-state index in [9.17, 15) is 4.79 Å². The quantitative estimate of drug-likeness (QED) is 0.615. The number of imidazole rings is 1. The fourth-order valence-corrected chi connectivity index (χ4v) is 3.23. The summed E-state index contributed by atoms with van der Waals surface area (Å²) in [5, 5.41) is 0. The third kappa shape index (κ3) is 3.67. The molecule has 28 heavy (non-hydrogen) atoms. The van der Waals surface area contributed by atoms with Gasteiger partial charge >= 0.3 is 6.09 Å². The molecular formula is C21H28N4O3. The van der Waals surface area contributed by atoms with Crippen LogP contribution in [0.4, 0.5) is 4.79 Å². The van der Waals surface area contributed by atoms with Crippen LogP contribution < -0.4 is 4.74 Å². The van der Waals surface area contributed by atoms with Crippen molar-refractivity contribution < 1.29 is 14.3 Å². The van der Waals surface area contributed by atoms with Crippen LogP contribution in [0.3, 0.4) is 0 Å². The van der Waals surface area contributed by atoms with Crippen LogP contribution in [0.5, 0.6) is 5.88 Å². The summed E-state index contributed by atoms with van der Waals surface area (Å²) >= 11 is 0. The van der Waals surface area contributed by atoms with Gasteiger partial charge < -0.3 is 14.4 Å². The number of methoxy groups -OCH3 is 1. The van der Waals surface area contributed by atoms with Crippen LogP contribution in [0.2, 0.25) is 0 Å². The van der Waals surface area contributed by atoms with Crippen molar-refractivity contribution in [2.45, 2.75) is 39.5 Å². The van der Waals surface area contributed by atoms with Gasteiger partial charge in [-0.15, -0.1) is 0 Å². The fraction of sp³-hybridized carbons (Fsp3) is 0.476. The summed E-state index contributed by atoms with van der Waals surface area (Å²) in [6, 6.07) is 7.79. The third-order valence-corrected chi connectivity index (χ3v) is 5.09. The largest absolute Gasteiger partial charge is 0.416 e. The molecule has 2 heterocycles. The lowest BCUT2D eigenvalue weighted by molar-refractivity contribution is 0.133. The van der Waals surface area contributed by atoms with Crippen molar-refractivity contribution in [1.82, 2.24) is 19.3 Å². The Kier molecular flexibility index (Phi) is 6.14. The Bertz CT molecular complexity index is 983. The summed E-state index contributed by atoms with van der Waals surface area (Å²) < 4.78 is 12.8. The number of hydrogen-bond acceptors (Lipinski definition) is 5. The molecule has 1 amide bonds. The Balaban J connectivity index is 2.20. The van der Waals surface area contributed by atoms with Crippen LogP contribution in [-0.4, -0.2) is 52.7 Å². The molecule has 7 nitrogen and oxygen atoms in total. The second-order valence-corrected chi connectivity index (χ2v) is 6.96. The monoisotopic (exact) mass is 384 g/mol. The zero-order chi connectivity index (χ0) is 20.3. The van der Waals surface area contributed by atoms with E-state index < -0.39 is 6.09 Å². The first-order valence-corrected chi connectivity index (χ1v) is 9.73. The highest BCUT2D eigenvalue weighted by Crippen LogP contribution is 2.32. The second kappa shape index (κ2) is 8.56. The van der Waals surface area contributed by atoms with Crippen molar-refractivity contribution in [3.63, 3.8) is 0 Å². The van der Waals surface area contributed by atoms with Crippen LogP contribution in [0.25, 0.3) is 16.8 Å². The predicted octanol–water partition coefficient (Wildman–Crippen LogP) is 4.04. The summed E-state index contributed by atoms with van der Waals surface area (Å²) in [5.74, 6) is 1.30. The molecule has 0 saturated heterocycles. The molecule has 3 aromatic rings. The highest BCUT2D eigenvalue weighted by molar-refractivity contribution is 5.81. The maximum atomic E-state index is 12.7. The molecule has 1 unspecified atom stereocenters. The van der Waals surface area contributed by atoms with Gasteiger partial charge in [0.15, 0.2) is 0 Å². The van der Waals surface area contributed by atoms with E-state index in [1.165, 1.54) is 4.90 Å². The van der Waals surface area contributed by atoms with Gasteiger partial charge in [0, 0.05) is 26.3 Å². The number of benzene rings is 1. The van der Waals surface area contributed by atoms with Crippen LogP contribution >= 0.6 is 0 Å². The van der Waals surface area contributed by atoms with E-state index in [0.29, 0.717) is 31.2 Å². The average molecular weight is 384 g/mol. The van der Waals surface area contributed by atoms with Crippen molar-refractivity contribution in [3.8, 4) is 5.88 Å². The molecule has 0 bridgehead atoms. The van der Waals surface area contributed by atoms with E-state index in [-0.39, 0.29) is 5.92 Å². The van der Waals surface area contributed by atoms with Crippen molar-refractivity contribution in [2.75, 3.05) is 27.3 Å². The first kappa shape index (κ1) is 20.1. The lowest BCUT2D eigenvalue weighted by Crippen LogP contribution is -2.33. The van der Waals surface area contributed by atoms with Crippen molar-refractivity contribution in [3.05, 3.63) is 35.5 Å². The number of hydrogen-bond donors (Lipinski definition) is 0. The molecule has 2 aromatic heterocycles. The molecule has 0 radical (unpaired) electrons.